The summed E-state index contributed by atoms with van der Waals surface area (Å²) in [5.74, 6) is 1.55. The van der Waals surface area contributed by atoms with Gasteiger partial charge in [-0.25, -0.2) is 4.79 Å². The summed E-state index contributed by atoms with van der Waals surface area (Å²) in [4.78, 5) is 14.9. The predicted octanol–water partition coefficient (Wildman–Crippen LogP) is 3.03. The Bertz CT molecular complexity index is 534. The van der Waals surface area contributed by atoms with Crippen molar-refractivity contribution in [3.63, 3.8) is 0 Å². The summed E-state index contributed by atoms with van der Waals surface area (Å²) in [5.41, 5.74) is 0.701. The monoisotopic (exact) mass is 326 g/mol. The zero-order chi connectivity index (χ0) is 15.4. The third-order valence-electron chi connectivity index (χ3n) is 3.54. The Morgan fingerprint density at radius 3 is 2.90 bits per heavy atom. The molecule has 1 fully saturated rings. The molecule has 2 amide bonds. The lowest BCUT2D eigenvalue weighted by Gasteiger charge is -2.34. The van der Waals surface area contributed by atoms with E-state index < -0.39 is 10.8 Å². The van der Waals surface area contributed by atoms with Crippen LogP contribution in [0.4, 0.5) is 10.5 Å². The number of hydrogen-bond donors (Lipinski definition) is 1. The highest BCUT2D eigenvalue weighted by Crippen LogP contribution is 2.25. The summed E-state index contributed by atoms with van der Waals surface area (Å²) >= 11 is 1.94. The van der Waals surface area contributed by atoms with Crippen LogP contribution in [0, 0.1) is 5.92 Å². The van der Waals surface area contributed by atoms with Gasteiger partial charge in [0.25, 0.3) is 0 Å². The van der Waals surface area contributed by atoms with E-state index in [4.69, 9.17) is 0 Å². The van der Waals surface area contributed by atoms with Crippen LogP contribution in [0.5, 0.6) is 0 Å². The molecular formula is C15H22N2O2S2. The van der Waals surface area contributed by atoms with E-state index in [0.717, 1.165) is 23.7 Å². The van der Waals surface area contributed by atoms with Crippen LogP contribution in [0.3, 0.4) is 0 Å². The molecule has 1 heterocycles. The maximum Gasteiger partial charge on any atom is 0.321 e. The summed E-state index contributed by atoms with van der Waals surface area (Å²) in [5, 5.41) is 3.41. The van der Waals surface area contributed by atoms with Crippen molar-refractivity contribution < 1.29 is 9.00 Å². The van der Waals surface area contributed by atoms with Gasteiger partial charge in [-0.05, 0) is 24.1 Å². The lowest BCUT2D eigenvalue weighted by atomic mass is 10.1. The summed E-state index contributed by atoms with van der Waals surface area (Å²) in [6.45, 7) is 5.95. The summed E-state index contributed by atoms with van der Waals surface area (Å²) in [6.07, 6.45) is 1.63. The summed E-state index contributed by atoms with van der Waals surface area (Å²) < 4.78 is 11.5. The average molecular weight is 326 g/mol. The number of benzene rings is 1. The molecule has 4 nitrogen and oxygen atoms in total. The van der Waals surface area contributed by atoms with Gasteiger partial charge in [0.15, 0.2) is 0 Å². The number of rotatable bonds is 3. The molecule has 6 heteroatoms. The Morgan fingerprint density at radius 1 is 1.48 bits per heavy atom. The van der Waals surface area contributed by atoms with Gasteiger partial charge in [-0.15, -0.1) is 0 Å². The van der Waals surface area contributed by atoms with Crippen LogP contribution in [0.1, 0.15) is 13.8 Å². The molecule has 1 aromatic rings. The molecule has 1 aliphatic rings. The van der Waals surface area contributed by atoms with Gasteiger partial charge in [-0.3, -0.25) is 4.21 Å². The van der Waals surface area contributed by atoms with Gasteiger partial charge in [0.05, 0.1) is 0 Å². The Hall–Kier alpha value is -1.01. The van der Waals surface area contributed by atoms with Gasteiger partial charge < -0.3 is 10.2 Å². The number of carbonyl (C=O) groups excluding carboxylic acids is 1. The Kier molecular flexibility index (Phi) is 5.70. The Labute approximate surface area is 133 Å². The molecule has 0 radical (unpaired) electrons. The highest BCUT2D eigenvalue weighted by Gasteiger charge is 2.26. The van der Waals surface area contributed by atoms with E-state index in [-0.39, 0.29) is 6.03 Å². The highest BCUT2D eigenvalue weighted by atomic mass is 32.2. The average Bonchev–Trinajstić information content (AvgIpc) is 2.47. The van der Waals surface area contributed by atoms with E-state index in [9.17, 15) is 9.00 Å². The number of anilines is 1. The van der Waals surface area contributed by atoms with Crippen LogP contribution in [0.25, 0.3) is 0 Å². The van der Waals surface area contributed by atoms with Crippen LogP contribution < -0.4 is 5.32 Å². The molecule has 0 bridgehead atoms. The zero-order valence-corrected chi connectivity index (χ0v) is 14.3. The van der Waals surface area contributed by atoms with Crippen LogP contribution in [-0.2, 0) is 10.8 Å². The van der Waals surface area contributed by atoms with E-state index in [0.29, 0.717) is 16.9 Å². The molecule has 21 heavy (non-hydrogen) atoms. The lowest BCUT2D eigenvalue weighted by molar-refractivity contribution is 0.211. The number of nitrogens with one attached hydrogen (secondary N) is 1. The quantitative estimate of drug-likeness (QED) is 0.929. The summed E-state index contributed by atoms with van der Waals surface area (Å²) in [6, 6.07) is 7.15. The van der Waals surface area contributed by atoms with E-state index in [1.54, 1.807) is 18.4 Å². The largest absolute Gasteiger partial charge is 0.323 e. The Morgan fingerprint density at radius 2 is 2.24 bits per heavy atom. The smallest absolute Gasteiger partial charge is 0.321 e. The van der Waals surface area contributed by atoms with E-state index in [2.05, 4.69) is 19.2 Å². The molecule has 0 aliphatic carbocycles. The zero-order valence-electron chi connectivity index (χ0n) is 12.7. The van der Waals surface area contributed by atoms with Crippen molar-refractivity contribution >= 4 is 34.3 Å². The number of urea groups is 1. The van der Waals surface area contributed by atoms with Crippen LogP contribution >= 0.6 is 11.8 Å². The molecule has 1 aromatic carbocycles. The van der Waals surface area contributed by atoms with Crippen LogP contribution in [0.2, 0.25) is 0 Å². The van der Waals surface area contributed by atoms with Crippen molar-refractivity contribution in [2.45, 2.75) is 24.0 Å². The number of thioether (sulfide) groups is 1. The molecule has 0 spiro atoms. The third-order valence-corrected chi connectivity index (χ3v) is 6.00. The second-order valence-electron chi connectivity index (χ2n) is 5.51. The molecule has 2 atom stereocenters. The first-order valence-corrected chi connectivity index (χ1v) is 9.69. The number of carbonyl (C=O) groups is 1. The minimum Gasteiger partial charge on any atom is -0.323 e. The van der Waals surface area contributed by atoms with Gasteiger partial charge in [-0.2, -0.15) is 11.8 Å². The molecule has 1 saturated heterocycles. The predicted molar refractivity (Wildman–Crippen MR) is 90.5 cm³/mol. The fourth-order valence-electron chi connectivity index (χ4n) is 2.22. The van der Waals surface area contributed by atoms with Crippen LogP contribution in [0.15, 0.2) is 29.2 Å². The van der Waals surface area contributed by atoms with E-state index >= 15 is 0 Å². The number of nitrogens with zero attached hydrogens (tertiary/aromatic N) is 1. The van der Waals surface area contributed by atoms with Gasteiger partial charge in [0.1, 0.15) is 0 Å². The minimum atomic E-state index is -1.04. The van der Waals surface area contributed by atoms with Gasteiger partial charge in [-0.1, -0.05) is 19.9 Å². The first-order chi connectivity index (χ1) is 9.97. The van der Waals surface area contributed by atoms with Crippen molar-refractivity contribution in [1.29, 1.82) is 0 Å². The standard InChI is InChI=1S/C15H22N2O2S2/c1-11(2)14-10-17(7-8-20-14)15(18)16-12-5-4-6-13(9-12)21(3)19/h4-6,9,11,14H,7-8,10H2,1-3H3,(H,16,18). The van der Waals surface area contributed by atoms with Crippen molar-refractivity contribution in [2.75, 3.05) is 30.4 Å². The molecule has 0 aromatic heterocycles. The molecule has 1 aliphatic heterocycles. The van der Waals surface area contributed by atoms with E-state index in [1.807, 2.05) is 28.8 Å². The fraction of sp³-hybridized carbons (Fsp3) is 0.533. The minimum absolute atomic E-state index is 0.0695. The molecule has 116 valence electrons. The Balaban J connectivity index is 2.01. The van der Waals surface area contributed by atoms with Gasteiger partial charge >= 0.3 is 6.03 Å². The first kappa shape index (κ1) is 16.4. The summed E-state index contributed by atoms with van der Waals surface area (Å²) in [7, 11) is -1.04. The number of hydrogen-bond acceptors (Lipinski definition) is 3. The van der Waals surface area contributed by atoms with E-state index in [1.165, 1.54) is 0 Å². The molecule has 1 N–H and O–H groups in total. The molecule has 0 saturated carbocycles. The molecular weight excluding hydrogens is 304 g/mol. The van der Waals surface area contributed by atoms with Crippen molar-refractivity contribution in [2.24, 2.45) is 5.92 Å². The second-order valence-corrected chi connectivity index (χ2v) is 8.24. The second kappa shape index (κ2) is 7.31. The molecule has 2 rings (SSSR count). The third kappa shape index (κ3) is 4.48. The SMILES string of the molecule is CC(C)C1CN(C(=O)Nc2cccc(S(C)=O)c2)CCS1. The first-order valence-electron chi connectivity index (χ1n) is 7.08. The van der Waals surface area contributed by atoms with Crippen LogP contribution in [-0.4, -0.2) is 45.5 Å². The topological polar surface area (TPSA) is 49.4 Å². The van der Waals surface area contributed by atoms with Crippen molar-refractivity contribution in [1.82, 2.24) is 4.90 Å². The molecule has 2 unspecified atom stereocenters. The normalized spacial score (nSPS) is 20.4. The van der Waals surface area contributed by atoms with Gasteiger partial charge in [0, 0.05) is 51.7 Å². The number of amides is 2. The van der Waals surface area contributed by atoms with Gasteiger partial charge in [0.2, 0.25) is 0 Å². The maximum atomic E-state index is 12.3. The maximum absolute atomic E-state index is 12.3. The lowest BCUT2D eigenvalue weighted by Crippen LogP contribution is -2.45. The van der Waals surface area contributed by atoms with Crippen molar-refractivity contribution in [3.8, 4) is 0 Å². The highest BCUT2D eigenvalue weighted by molar-refractivity contribution is 8.00. The van der Waals surface area contributed by atoms with Crippen molar-refractivity contribution in [3.05, 3.63) is 24.3 Å². The fourth-order valence-corrected chi connectivity index (χ4v) is 4.08.